The summed E-state index contributed by atoms with van der Waals surface area (Å²) < 4.78 is 21.6. The topological polar surface area (TPSA) is 46.2 Å². The van der Waals surface area contributed by atoms with E-state index in [4.69, 9.17) is 11.6 Å². The summed E-state index contributed by atoms with van der Waals surface area (Å²) in [4.78, 5) is 0. The quantitative estimate of drug-likeness (QED) is 0.514. The molecular formula is C9H20ClNO2S. The molecule has 0 aliphatic heterocycles. The van der Waals surface area contributed by atoms with Crippen LogP contribution < -0.4 is 5.32 Å². The van der Waals surface area contributed by atoms with E-state index >= 15 is 0 Å². The van der Waals surface area contributed by atoms with Crippen molar-refractivity contribution in [1.29, 1.82) is 0 Å². The molecule has 0 bridgehead atoms. The van der Waals surface area contributed by atoms with Gasteiger partial charge in [0.1, 0.15) is 9.84 Å². The van der Waals surface area contributed by atoms with Gasteiger partial charge in [-0.1, -0.05) is 6.92 Å². The van der Waals surface area contributed by atoms with Crippen LogP contribution in [0, 0.1) is 5.92 Å². The monoisotopic (exact) mass is 241 g/mol. The molecule has 0 fully saturated rings. The average Bonchev–Trinajstić information content (AvgIpc) is 2.02. The Morgan fingerprint density at radius 3 is 2.57 bits per heavy atom. The van der Waals surface area contributed by atoms with Crippen LogP contribution in [0.2, 0.25) is 0 Å². The molecule has 0 aromatic heterocycles. The van der Waals surface area contributed by atoms with Gasteiger partial charge in [-0.25, -0.2) is 8.42 Å². The SMILES string of the molecule is CC(CCCl)CNCCCS(C)(=O)=O. The Morgan fingerprint density at radius 1 is 1.43 bits per heavy atom. The van der Waals surface area contributed by atoms with E-state index in [1.807, 2.05) is 0 Å². The standard InChI is InChI=1S/C9H20ClNO2S/c1-9(4-5-10)8-11-6-3-7-14(2,12)13/h9,11H,3-8H2,1-2H3. The Bertz CT molecular complexity index is 229. The van der Waals surface area contributed by atoms with E-state index in [0.717, 1.165) is 19.5 Å². The van der Waals surface area contributed by atoms with Crippen molar-refractivity contribution in [3.63, 3.8) is 0 Å². The highest BCUT2D eigenvalue weighted by Crippen LogP contribution is 2.00. The summed E-state index contributed by atoms with van der Waals surface area (Å²) in [6, 6.07) is 0. The fourth-order valence-corrected chi connectivity index (χ4v) is 2.14. The third-order valence-corrected chi connectivity index (χ3v) is 3.21. The molecule has 86 valence electrons. The summed E-state index contributed by atoms with van der Waals surface area (Å²) in [5, 5.41) is 3.22. The molecule has 1 unspecified atom stereocenters. The van der Waals surface area contributed by atoms with Crippen LogP contribution in [0.4, 0.5) is 0 Å². The molecule has 0 spiro atoms. The van der Waals surface area contributed by atoms with Gasteiger partial charge in [-0.05, 0) is 31.8 Å². The molecule has 0 aromatic rings. The third-order valence-electron chi connectivity index (χ3n) is 1.96. The van der Waals surface area contributed by atoms with Crippen molar-refractivity contribution in [3.05, 3.63) is 0 Å². The first-order valence-corrected chi connectivity index (χ1v) is 7.49. The molecule has 0 heterocycles. The summed E-state index contributed by atoms with van der Waals surface area (Å²) >= 11 is 5.59. The van der Waals surface area contributed by atoms with E-state index in [9.17, 15) is 8.42 Å². The maximum Gasteiger partial charge on any atom is 0.147 e. The highest BCUT2D eigenvalue weighted by Gasteiger charge is 2.02. The van der Waals surface area contributed by atoms with Crippen LogP contribution >= 0.6 is 11.6 Å². The first-order valence-electron chi connectivity index (χ1n) is 4.90. The minimum absolute atomic E-state index is 0.268. The van der Waals surface area contributed by atoms with Gasteiger partial charge in [-0.15, -0.1) is 11.6 Å². The summed E-state index contributed by atoms with van der Waals surface area (Å²) in [5.74, 6) is 1.52. The van der Waals surface area contributed by atoms with Crippen molar-refractivity contribution in [1.82, 2.24) is 5.32 Å². The van der Waals surface area contributed by atoms with Crippen molar-refractivity contribution in [2.45, 2.75) is 19.8 Å². The lowest BCUT2D eigenvalue weighted by atomic mass is 10.1. The highest BCUT2D eigenvalue weighted by molar-refractivity contribution is 7.90. The smallest absolute Gasteiger partial charge is 0.147 e. The summed E-state index contributed by atoms with van der Waals surface area (Å²) in [6.07, 6.45) is 2.95. The molecule has 0 saturated heterocycles. The Labute approximate surface area is 92.1 Å². The molecule has 0 rings (SSSR count). The second-order valence-electron chi connectivity index (χ2n) is 3.77. The van der Waals surface area contributed by atoms with Gasteiger partial charge in [-0.3, -0.25) is 0 Å². The molecule has 0 aromatic carbocycles. The van der Waals surface area contributed by atoms with E-state index < -0.39 is 9.84 Å². The molecule has 0 aliphatic rings. The first-order chi connectivity index (χ1) is 6.45. The minimum Gasteiger partial charge on any atom is -0.316 e. The lowest BCUT2D eigenvalue weighted by Crippen LogP contribution is -2.24. The number of sulfone groups is 1. The number of hydrogen-bond donors (Lipinski definition) is 1. The zero-order chi connectivity index (χ0) is 11.0. The average molecular weight is 242 g/mol. The Morgan fingerprint density at radius 2 is 2.07 bits per heavy atom. The minimum atomic E-state index is -2.80. The van der Waals surface area contributed by atoms with Gasteiger partial charge in [0.2, 0.25) is 0 Å². The van der Waals surface area contributed by atoms with E-state index in [2.05, 4.69) is 12.2 Å². The van der Waals surface area contributed by atoms with Gasteiger partial charge >= 0.3 is 0 Å². The zero-order valence-electron chi connectivity index (χ0n) is 8.92. The molecule has 5 heteroatoms. The van der Waals surface area contributed by atoms with Crippen molar-refractivity contribution < 1.29 is 8.42 Å². The van der Waals surface area contributed by atoms with Gasteiger partial charge in [0.05, 0.1) is 5.75 Å². The predicted molar refractivity (Wildman–Crippen MR) is 61.7 cm³/mol. The van der Waals surface area contributed by atoms with Gasteiger partial charge in [0, 0.05) is 12.1 Å². The number of nitrogens with one attached hydrogen (secondary N) is 1. The largest absolute Gasteiger partial charge is 0.316 e. The number of rotatable bonds is 8. The molecule has 14 heavy (non-hydrogen) atoms. The summed E-state index contributed by atoms with van der Waals surface area (Å²) in [5.41, 5.74) is 0. The van der Waals surface area contributed by atoms with E-state index in [0.29, 0.717) is 18.2 Å². The molecular weight excluding hydrogens is 222 g/mol. The molecule has 3 nitrogen and oxygen atoms in total. The Balaban J connectivity index is 3.30. The van der Waals surface area contributed by atoms with Gasteiger partial charge in [-0.2, -0.15) is 0 Å². The molecule has 0 amide bonds. The Hall–Kier alpha value is 0.200. The highest BCUT2D eigenvalue weighted by atomic mass is 35.5. The van der Waals surface area contributed by atoms with E-state index in [1.54, 1.807) is 0 Å². The van der Waals surface area contributed by atoms with E-state index in [-0.39, 0.29) is 5.75 Å². The van der Waals surface area contributed by atoms with Crippen LogP contribution in [0.3, 0.4) is 0 Å². The second kappa shape index (κ2) is 7.49. The van der Waals surface area contributed by atoms with Crippen LogP contribution in [0.15, 0.2) is 0 Å². The van der Waals surface area contributed by atoms with Crippen molar-refractivity contribution in [2.24, 2.45) is 5.92 Å². The summed E-state index contributed by atoms with van der Waals surface area (Å²) in [7, 11) is -2.80. The van der Waals surface area contributed by atoms with Crippen LogP contribution in [-0.4, -0.2) is 39.4 Å². The maximum absolute atomic E-state index is 10.8. The normalized spacial score (nSPS) is 14.2. The second-order valence-corrected chi connectivity index (χ2v) is 6.41. The van der Waals surface area contributed by atoms with Gasteiger partial charge in [0.15, 0.2) is 0 Å². The lowest BCUT2D eigenvalue weighted by molar-refractivity contribution is 0.501. The van der Waals surface area contributed by atoms with Crippen LogP contribution in [0.5, 0.6) is 0 Å². The predicted octanol–water partition coefficient (Wildman–Crippen LogP) is 1.28. The van der Waals surface area contributed by atoms with Gasteiger partial charge in [0.25, 0.3) is 0 Å². The zero-order valence-corrected chi connectivity index (χ0v) is 10.5. The van der Waals surface area contributed by atoms with Crippen molar-refractivity contribution in [3.8, 4) is 0 Å². The fraction of sp³-hybridized carbons (Fsp3) is 1.00. The fourth-order valence-electron chi connectivity index (χ4n) is 1.10. The Kier molecular flexibility index (Phi) is 7.59. The van der Waals surface area contributed by atoms with Gasteiger partial charge < -0.3 is 5.32 Å². The first kappa shape index (κ1) is 14.2. The number of hydrogen-bond acceptors (Lipinski definition) is 3. The van der Waals surface area contributed by atoms with E-state index in [1.165, 1.54) is 6.26 Å². The third kappa shape index (κ3) is 10.3. The van der Waals surface area contributed by atoms with Crippen molar-refractivity contribution in [2.75, 3.05) is 31.0 Å². The molecule has 1 N–H and O–H groups in total. The molecule has 0 radical (unpaired) electrons. The molecule has 0 aliphatic carbocycles. The van der Waals surface area contributed by atoms with Crippen LogP contribution in [-0.2, 0) is 9.84 Å². The van der Waals surface area contributed by atoms with Crippen molar-refractivity contribution >= 4 is 21.4 Å². The van der Waals surface area contributed by atoms with Crippen LogP contribution in [0.25, 0.3) is 0 Å². The number of halogens is 1. The molecule has 1 atom stereocenters. The summed E-state index contributed by atoms with van der Waals surface area (Å²) in [6.45, 7) is 3.81. The lowest BCUT2D eigenvalue weighted by Gasteiger charge is -2.10. The molecule has 0 saturated carbocycles. The maximum atomic E-state index is 10.8. The number of alkyl halides is 1. The van der Waals surface area contributed by atoms with Crippen LogP contribution in [0.1, 0.15) is 19.8 Å².